The summed E-state index contributed by atoms with van der Waals surface area (Å²) >= 11 is 0. The van der Waals surface area contributed by atoms with Crippen molar-refractivity contribution in [1.82, 2.24) is 24.5 Å². The van der Waals surface area contributed by atoms with Crippen molar-refractivity contribution in [2.24, 2.45) is 7.05 Å². The van der Waals surface area contributed by atoms with Gasteiger partial charge in [0, 0.05) is 24.3 Å². The molecule has 6 nitrogen and oxygen atoms in total. The fourth-order valence-electron chi connectivity index (χ4n) is 3.40. The van der Waals surface area contributed by atoms with Crippen LogP contribution in [0.4, 0.5) is 0 Å². The Hall–Kier alpha value is -2.21. The van der Waals surface area contributed by atoms with Gasteiger partial charge in [-0.15, -0.1) is 0 Å². The highest BCUT2D eigenvalue weighted by Gasteiger charge is 2.27. The molecule has 1 N–H and O–H groups in total. The average Bonchev–Trinajstić information content (AvgIpc) is 2.94. The van der Waals surface area contributed by atoms with Gasteiger partial charge in [0.25, 0.3) is 0 Å². The Morgan fingerprint density at radius 2 is 1.83 bits per heavy atom. The van der Waals surface area contributed by atoms with E-state index in [0.717, 1.165) is 22.5 Å². The van der Waals surface area contributed by atoms with E-state index >= 15 is 0 Å². The van der Waals surface area contributed by atoms with Crippen molar-refractivity contribution < 1.29 is 5.11 Å². The minimum Gasteiger partial charge on any atom is -0.384 e. The van der Waals surface area contributed by atoms with E-state index in [2.05, 4.69) is 30.9 Å². The molecule has 0 saturated carbocycles. The van der Waals surface area contributed by atoms with Crippen LogP contribution in [0.2, 0.25) is 0 Å². The molecule has 3 aromatic rings. The Morgan fingerprint density at radius 3 is 2.38 bits per heavy atom. The van der Waals surface area contributed by atoms with Crippen molar-refractivity contribution in [3.8, 4) is 5.69 Å². The summed E-state index contributed by atoms with van der Waals surface area (Å²) in [7, 11) is 1.87. The van der Waals surface area contributed by atoms with Crippen molar-refractivity contribution in [2.75, 3.05) is 0 Å². The lowest BCUT2D eigenvalue weighted by Crippen LogP contribution is -2.21. The maximum absolute atomic E-state index is 10.6. The first-order valence-corrected chi connectivity index (χ1v) is 8.23. The summed E-state index contributed by atoms with van der Waals surface area (Å²) in [4.78, 5) is 4.63. The van der Waals surface area contributed by atoms with E-state index in [0.29, 0.717) is 17.3 Å². The Kier molecular flexibility index (Phi) is 3.75. The van der Waals surface area contributed by atoms with Crippen molar-refractivity contribution in [3.63, 3.8) is 0 Å². The first kappa shape index (κ1) is 16.6. The van der Waals surface area contributed by atoms with E-state index in [1.165, 1.54) is 5.56 Å². The van der Waals surface area contributed by atoms with E-state index in [1.54, 1.807) is 18.5 Å². The molecule has 0 aliphatic heterocycles. The molecule has 0 saturated heterocycles. The summed E-state index contributed by atoms with van der Waals surface area (Å²) in [5.74, 6) is 0.388. The third-order valence-corrected chi connectivity index (χ3v) is 4.32. The molecule has 0 aromatic carbocycles. The number of pyridine rings is 1. The fraction of sp³-hybridized carbons (Fsp3) is 0.500. The van der Waals surface area contributed by atoms with Crippen molar-refractivity contribution in [3.05, 3.63) is 34.9 Å². The molecule has 3 aromatic heterocycles. The van der Waals surface area contributed by atoms with Crippen LogP contribution in [-0.2, 0) is 12.6 Å². The van der Waals surface area contributed by atoms with E-state index < -0.39 is 5.60 Å². The molecule has 3 rings (SSSR count). The number of aliphatic hydroxyl groups is 1. The zero-order valence-electron chi connectivity index (χ0n) is 15.4. The topological polar surface area (TPSA) is 68.8 Å². The minimum absolute atomic E-state index is 0.388. The Balaban J connectivity index is 2.34. The number of hydrogen-bond acceptors (Lipinski definition) is 4. The van der Waals surface area contributed by atoms with Crippen LogP contribution in [0.3, 0.4) is 0 Å². The van der Waals surface area contributed by atoms with Gasteiger partial charge in [-0.05, 0) is 45.2 Å². The highest BCUT2D eigenvalue weighted by Crippen LogP contribution is 2.31. The Bertz CT molecular complexity index is 912. The van der Waals surface area contributed by atoms with Crippen molar-refractivity contribution in [1.29, 1.82) is 0 Å². The molecule has 24 heavy (non-hydrogen) atoms. The molecule has 128 valence electrons. The number of aromatic nitrogens is 5. The molecule has 0 fully saturated rings. The standard InChI is InChI=1S/C18H25N5O/c1-10(2)15-11(3)20-23(12(15)4)14-8-13-9-22(7)21-17(13)19-16(14)18(5,6)24/h8-10,24H,1-7H3. The van der Waals surface area contributed by atoms with Crippen LogP contribution in [0.5, 0.6) is 0 Å². The van der Waals surface area contributed by atoms with Gasteiger partial charge >= 0.3 is 0 Å². The van der Waals surface area contributed by atoms with Gasteiger partial charge in [0.15, 0.2) is 5.65 Å². The van der Waals surface area contributed by atoms with Crippen LogP contribution in [0.25, 0.3) is 16.7 Å². The quantitative estimate of drug-likeness (QED) is 0.802. The summed E-state index contributed by atoms with van der Waals surface area (Å²) in [6.45, 7) is 11.9. The molecule has 0 amide bonds. The number of fused-ring (bicyclic) bond motifs is 1. The fourth-order valence-corrected chi connectivity index (χ4v) is 3.40. The van der Waals surface area contributed by atoms with Gasteiger partial charge in [-0.2, -0.15) is 10.2 Å². The van der Waals surface area contributed by atoms with Gasteiger partial charge in [-0.1, -0.05) is 13.8 Å². The van der Waals surface area contributed by atoms with Gasteiger partial charge in [0.1, 0.15) is 5.60 Å². The average molecular weight is 327 g/mol. The lowest BCUT2D eigenvalue weighted by atomic mass is 10.0. The Labute approximate surface area is 142 Å². The van der Waals surface area contributed by atoms with Gasteiger partial charge < -0.3 is 5.11 Å². The van der Waals surface area contributed by atoms with Crippen LogP contribution in [0, 0.1) is 13.8 Å². The zero-order valence-corrected chi connectivity index (χ0v) is 15.4. The SMILES string of the molecule is Cc1nn(-c2cc3cn(C)nc3nc2C(C)(C)O)c(C)c1C(C)C. The molecule has 3 heterocycles. The number of aryl methyl sites for hydroxylation is 2. The molecule has 0 spiro atoms. The normalized spacial score (nSPS) is 12.5. The van der Waals surface area contributed by atoms with Crippen LogP contribution < -0.4 is 0 Å². The van der Waals surface area contributed by atoms with Crippen LogP contribution in [-0.4, -0.2) is 29.7 Å². The van der Waals surface area contributed by atoms with Gasteiger partial charge in [-0.3, -0.25) is 4.68 Å². The third-order valence-electron chi connectivity index (χ3n) is 4.32. The van der Waals surface area contributed by atoms with E-state index in [4.69, 9.17) is 5.10 Å². The van der Waals surface area contributed by atoms with Crippen molar-refractivity contribution >= 4 is 11.0 Å². The first-order valence-electron chi connectivity index (χ1n) is 8.23. The highest BCUT2D eigenvalue weighted by atomic mass is 16.3. The first-order chi connectivity index (χ1) is 11.1. The summed E-state index contributed by atoms with van der Waals surface area (Å²) in [6, 6.07) is 2.01. The van der Waals surface area contributed by atoms with Crippen LogP contribution in [0.15, 0.2) is 12.3 Å². The predicted octanol–water partition coefficient (Wildman–Crippen LogP) is 3.12. The molecular formula is C18H25N5O. The molecule has 0 unspecified atom stereocenters. The summed E-state index contributed by atoms with van der Waals surface area (Å²) in [5.41, 5.74) is 4.25. The van der Waals surface area contributed by atoms with Crippen molar-refractivity contribution in [2.45, 2.75) is 53.1 Å². The number of rotatable bonds is 3. The molecule has 6 heteroatoms. The molecule has 0 aliphatic carbocycles. The maximum Gasteiger partial charge on any atom is 0.181 e. The summed E-state index contributed by atoms with van der Waals surface area (Å²) < 4.78 is 3.63. The monoisotopic (exact) mass is 327 g/mol. The zero-order chi connectivity index (χ0) is 17.8. The molecule has 0 radical (unpaired) electrons. The largest absolute Gasteiger partial charge is 0.384 e. The molecular weight excluding hydrogens is 302 g/mol. The second-order valence-corrected chi connectivity index (χ2v) is 7.28. The van der Waals surface area contributed by atoms with Crippen LogP contribution in [0.1, 0.15) is 56.3 Å². The summed E-state index contributed by atoms with van der Waals surface area (Å²) in [5, 5.41) is 20.7. The maximum atomic E-state index is 10.6. The smallest absolute Gasteiger partial charge is 0.181 e. The van der Waals surface area contributed by atoms with E-state index in [-0.39, 0.29) is 0 Å². The van der Waals surface area contributed by atoms with Gasteiger partial charge in [0.05, 0.1) is 17.1 Å². The van der Waals surface area contributed by atoms with Crippen LogP contribution >= 0.6 is 0 Å². The minimum atomic E-state index is -1.09. The lowest BCUT2D eigenvalue weighted by molar-refractivity contribution is 0.0739. The molecule has 0 bridgehead atoms. The second kappa shape index (κ2) is 5.41. The number of nitrogens with zero attached hydrogens (tertiary/aromatic N) is 5. The second-order valence-electron chi connectivity index (χ2n) is 7.28. The number of hydrogen-bond donors (Lipinski definition) is 1. The predicted molar refractivity (Wildman–Crippen MR) is 94.4 cm³/mol. The lowest BCUT2D eigenvalue weighted by Gasteiger charge is -2.21. The summed E-state index contributed by atoms with van der Waals surface area (Å²) in [6.07, 6.45) is 1.93. The van der Waals surface area contributed by atoms with Gasteiger partial charge in [-0.25, -0.2) is 9.67 Å². The Morgan fingerprint density at radius 1 is 1.17 bits per heavy atom. The van der Waals surface area contributed by atoms with E-state index in [1.807, 2.05) is 30.9 Å². The van der Waals surface area contributed by atoms with E-state index in [9.17, 15) is 5.11 Å². The van der Waals surface area contributed by atoms with Gasteiger partial charge in [0.2, 0.25) is 0 Å². The molecule has 0 atom stereocenters. The highest BCUT2D eigenvalue weighted by molar-refractivity contribution is 5.77. The molecule has 0 aliphatic rings. The third kappa shape index (κ3) is 2.60.